The topological polar surface area (TPSA) is 117 Å². The fraction of sp³-hybridized carbons (Fsp3) is 0.440. The maximum Gasteiger partial charge on any atom is 0.254 e. The number of carbonyl (C=O) groups is 1. The van der Waals surface area contributed by atoms with Crippen LogP contribution in [0.3, 0.4) is 0 Å². The Balaban J connectivity index is 1.34. The van der Waals surface area contributed by atoms with Crippen molar-refractivity contribution in [1.82, 2.24) is 15.6 Å². The van der Waals surface area contributed by atoms with Crippen molar-refractivity contribution in [2.45, 2.75) is 44.1 Å². The number of benzene rings is 1. The van der Waals surface area contributed by atoms with Crippen LogP contribution in [0.5, 0.6) is 0 Å². The van der Waals surface area contributed by atoms with Crippen LogP contribution in [0.1, 0.15) is 52.7 Å². The first-order chi connectivity index (χ1) is 16.5. The molecule has 1 saturated carbocycles. The number of rotatable bonds is 8. The molecule has 3 heterocycles. The van der Waals surface area contributed by atoms with Gasteiger partial charge >= 0.3 is 0 Å². The minimum Gasteiger partial charge on any atom is -0.462 e. The summed E-state index contributed by atoms with van der Waals surface area (Å²) in [5.74, 6) is -0.464. The molecule has 4 N–H and O–H groups in total. The van der Waals surface area contributed by atoms with Gasteiger partial charge in [-0.2, -0.15) is 0 Å². The van der Waals surface area contributed by atoms with Crippen molar-refractivity contribution in [3.05, 3.63) is 64.8 Å². The van der Waals surface area contributed by atoms with E-state index in [0.717, 1.165) is 18.4 Å². The summed E-state index contributed by atoms with van der Waals surface area (Å²) in [4.78, 5) is 16.8. The Labute approximate surface area is 196 Å². The summed E-state index contributed by atoms with van der Waals surface area (Å²) in [7, 11) is 0. The highest BCUT2D eigenvalue weighted by Gasteiger charge is 2.27. The number of carbonyl (C=O) groups excluding carboxylic acids is 1. The highest BCUT2D eigenvalue weighted by Crippen LogP contribution is 2.28. The van der Waals surface area contributed by atoms with E-state index >= 15 is 0 Å². The summed E-state index contributed by atoms with van der Waals surface area (Å²) in [6.45, 7) is 1.29. The summed E-state index contributed by atoms with van der Waals surface area (Å²) in [5, 5.41) is 26.7. The van der Waals surface area contributed by atoms with Gasteiger partial charge in [0, 0.05) is 37.2 Å². The van der Waals surface area contributed by atoms with Crippen LogP contribution in [0.4, 0.5) is 4.39 Å². The Bertz CT molecular complexity index is 1180. The molecule has 2 aromatic heterocycles. The Kier molecular flexibility index (Phi) is 6.60. The van der Waals surface area contributed by atoms with Crippen molar-refractivity contribution in [1.29, 1.82) is 0 Å². The number of halogens is 1. The first kappa shape index (κ1) is 22.9. The molecule has 2 fully saturated rings. The highest BCUT2D eigenvalue weighted by atomic mass is 19.1. The third-order valence-corrected chi connectivity index (χ3v) is 6.41. The van der Waals surface area contributed by atoms with Crippen molar-refractivity contribution in [3.8, 4) is 0 Å². The average molecular weight is 470 g/mol. The average Bonchev–Trinajstić information content (AvgIpc) is 3.53. The zero-order valence-electron chi connectivity index (χ0n) is 18.7. The van der Waals surface area contributed by atoms with Gasteiger partial charge in [-0.3, -0.25) is 10.1 Å². The fourth-order valence-electron chi connectivity index (χ4n) is 4.25. The molecule has 3 aromatic rings. The van der Waals surface area contributed by atoms with Crippen molar-refractivity contribution in [3.63, 3.8) is 0 Å². The van der Waals surface area contributed by atoms with E-state index in [1.807, 2.05) is 0 Å². The molecule has 0 radical (unpaired) electrons. The minimum atomic E-state index is -1.11. The van der Waals surface area contributed by atoms with Gasteiger partial charge in [-0.25, -0.2) is 9.37 Å². The van der Waals surface area contributed by atoms with Crippen molar-refractivity contribution in [2.24, 2.45) is 5.92 Å². The molecule has 34 heavy (non-hydrogen) atoms. The van der Waals surface area contributed by atoms with Gasteiger partial charge in [0.2, 0.25) is 0 Å². The van der Waals surface area contributed by atoms with E-state index in [1.165, 1.54) is 18.4 Å². The molecule has 5 rings (SSSR count). The number of amides is 1. The van der Waals surface area contributed by atoms with Crippen LogP contribution in [-0.4, -0.2) is 53.0 Å². The number of aliphatic hydroxyl groups excluding tert-OH is 2. The Morgan fingerprint density at radius 1 is 1.24 bits per heavy atom. The third kappa shape index (κ3) is 5.12. The van der Waals surface area contributed by atoms with Crippen molar-refractivity contribution in [2.75, 3.05) is 19.8 Å². The maximum absolute atomic E-state index is 14.7. The minimum absolute atomic E-state index is 0.0256. The van der Waals surface area contributed by atoms with Gasteiger partial charge in [0.25, 0.3) is 5.91 Å². The predicted octanol–water partition coefficient (Wildman–Crippen LogP) is 2.43. The molecule has 0 spiro atoms. The zero-order valence-corrected chi connectivity index (χ0v) is 18.7. The molecule has 1 aliphatic heterocycles. The van der Waals surface area contributed by atoms with Gasteiger partial charge in [-0.05, 0) is 48.9 Å². The molecule has 1 saturated heterocycles. The quantitative estimate of drug-likeness (QED) is 0.375. The lowest BCUT2D eigenvalue weighted by molar-refractivity contribution is -0.0430. The molecule has 2 aliphatic rings. The Hall–Kier alpha value is -2.85. The smallest absolute Gasteiger partial charge is 0.254 e. The van der Waals surface area contributed by atoms with Crippen molar-refractivity contribution >= 4 is 17.0 Å². The fourth-order valence-corrected chi connectivity index (χ4v) is 4.25. The van der Waals surface area contributed by atoms with E-state index in [-0.39, 0.29) is 18.2 Å². The second-order valence-electron chi connectivity index (χ2n) is 9.09. The van der Waals surface area contributed by atoms with E-state index in [2.05, 4.69) is 15.6 Å². The lowest BCUT2D eigenvalue weighted by Crippen LogP contribution is -2.47. The maximum atomic E-state index is 14.7. The van der Waals surface area contributed by atoms with Gasteiger partial charge in [-0.1, -0.05) is 6.07 Å². The van der Waals surface area contributed by atoms with Gasteiger partial charge in [-0.15, -0.1) is 0 Å². The number of furan rings is 1. The lowest BCUT2D eigenvalue weighted by Gasteiger charge is -2.30. The molecular formula is C25H28FN3O5. The normalized spacial score (nSPS) is 21.5. The summed E-state index contributed by atoms with van der Waals surface area (Å²) >= 11 is 0. The monoisotopic (exact) mass is 469 g/mol. The molecule has 1 unspecified atom stereocenters. The van der Waals surface area contributed by atoms with Gasteiger partial charge in [0.15, 0.2) is 5.58 Å². The van der Waals surface area contributed by atoms with Crippen LogP contribution < -0.4 is 10.6 Å². The molecule has 9 heteroatoms. The SMILES string of the molecule is O=C(NCC1CC1)c1ccc(Cc2cc(C(O)N[C@H]3CCOC[C@@H]3O)nc3ccoc23)cc1F. The van der Waals surface area contributed by atoms with Gasteiger partial charge < -0.3 is 24.7 Å². The number of hydrogen-bond donors (Lipinski definition) is 4. The number of nitrogens with zero attached hydrogens (tertiary/aromatic N) is 1. The first-order valence-electron chi connectivity index (χ1n) is 11.6. The van der Waals surface area contributed by atoms with Gasteiger partial charge in [0.05, 0.1) is 30.2 Å². The Morgan fingerprint density at radius 2 is 2.09 bits per heavy atom. The molecule has 180 valence electrons. The predicted molar refractivity (Wildman–Crippen MR) is 122 cm³/mol. The second-order valence-corrected chi connectivity index (χ2v) is 9.09. The molecular weight excluding hydrogens is 441 g/mol. The van der Waals surface area contributed by atoms with Crippen LogP contribution >= 0.6 is 0 Å². The van der Waals surface area contributed by atoms with E-state index in [1.54, 1.807) is 18.2 Å². The Morgan fingerprint density at radius 3 is 2.85 bits per heavy atom. The van der Waals surface area contributed by atoms with Crippen LogP contribution in [-0.2, 0) is 11.2 Å². The van der Waals surface area contributed by atoms with E-state index < -0.39 is 24.1 Å². The summed E-state index contributed by atoms with van der Waals surface area (Å²) in [6.07, 6.45) is 2.80. The van der Waals surface area contributed by atoms with Crippen molar-refractivity contribution < 1.29 is 28.6 Å². The molecule has 3 atom stereocenters. The third-order valence-electron chi connectivity index (χ3n) is 6.41. The number of fused-ring (bicyclic) bond motifs is 1. The second kappa shape index (κ2) is 9.79. The summed E-state index contributed by atoms with van der Waals surface area (Å²) < 4.78 is 25.6. The molecule has 1 aliphatic carbocycles. The lowest BCUT2D eigenvalue weighted by atomic mass is 10.0. The van der Waals surface area contributed by atoms with E-state index in [4.69, 9.17) is 9.15 Å². The van der Waals surface area contributed by atoms with E-state index in [9.17, 15) is 19.4 Å². The highest BCUT2D eigenvalue weighted by molar-refractivity contribution is 5.94. The number of ether oxygens (including phenoxy) is 1. The largest absolute Gasteiger partial charge is 0.462 e. The zero-order chi connectivity index (χ0) is 23.7. The number of hydrogen-bond acceptors (Lipinski definition) is 7. The molecule has 8 nitrogen and oxygen atoms in total. The van der Waals surface area contributed by atoms with Crippen LogP contribution in [0.2, 0.25) is 0 Å². The standard InChI is InChI=1S/C25H28FN3O5/c26-18-10-15(3-4-17(18)24(31)27-12-14-1-2-14)9-16-11-21(28-20-6-8-34-23(16)20)25(32)29-19-5-7-33-13-22(19)30/h3-4,6,8,10-11,14,19,22,25,29-30,32H,1-2,5,7,9,12-13H2,(H,27,31)/t19-,22-,25?/m0/s1. The summed E-state index contributed by atoms with van der Waals surface area (Å²) in [5.41, 5.74) is 2.90. The van der Waals surface area contributed by atoms with Gasteiger partial charge in [0.1, 0.15) is 17.6 Å². The molecule has 0 bridgehead atoms. The van der Waals surface area contributed by atoms with Crippen LogP contribution in [0.25, 0.3) is 11.1 Å². The first-order valence-corrected chi connectivity index (χ1v) is 11.6. The number of pyridine rings is 1. The van der Waals surface area contributed by atoms with Crippen LogP contribution in [0.15, 0.2) is 41.0 Å². The van der Waals surface area contributed by atoms with Crippen LogP contribution in [0, 0.1) is 11.7 Å². The number of aromatic nitrogens is 1. The van der Waals surface area contributed by atoms with E-state index in [0.29, 0.717) is 54.3 Å². The summed E-state index contributed by atoms with van der Waals surface area (Å²) in [6, 6.07) is 7.67. The number of nitrogens with one attached hydrogen (secondary N) is 2. The molecule has 1 aromatic carbocycles. The number of aliphatic hydroxyl groups is 2. The molecule has 1 amide bonds.